The molecule has 1 rings (SSSR count). The largest absolute Gasteiger partial charge is 0.383 e. The summed E-state index contributed by atoms with van der Waals surface area (Å²) in [6.07, 6.45) is 0. The van der Waals surface area contributed by atoms with Gasteiger partial charge in [-0.1, -0.05) is 0 Å². The van der Waals surface area contributed by atoms with Crippen LogP contribution in [0.2, 0.25) is 0 Å². The molecule has 0 amide bonds. The molecule has 1 N–H and O–H groups in total. The van der Waals surface area contributed by atoms with Crippen molar-refractivity contribution in [2.24, 2.45) is 0 Å². The van der Waals surface area contributed by atoms with Gasteiger partial charge in [-0.3, -0.25) is 0 Å². The second kappa shape index (κ2) is 5.22. The summed E-state index contributed by atoms with van der Waals surface area (Å²) in [7, 11) is -1.86. The number of sulfonamides is 1. The SMILES string of the molecule is COCCNS(=O)(=O)c1sccc1Br. The van der Waals surface area contributed by atoms with Crippen LogP contribution in [0.5, 0.6) is 0 Å². The van der Waals surface area contributed by atoms with Crippen molar-refractivity contribution in [1.29, 1.82) is 0 Å². The Morgan fingerprint density at radius 3 is 2.86 bits per heavy atom. The van der Waals surface area contributed by atoms with Gasteiger partial charge in [-0.15, -0.1) is 11.3 Å². The highest BCUT2D eigenvalue weighted by molar-refractivity contribution is 9.10. The normalized spacial score (nSPS) is 11.9. The lowest BCUT2D eigenvalue weighted by Gasteiger charge is -2.03. The van der Waals surface area contributed by atoms with Crippen LogP contribution in [0.3, 0.4) is 0 Å². The Hall–Kier alpha value is 0.0500. The van der Waals surface area contributed by atoms with Gasteiger partial charge in [0.25, 0.3) is 10.0 Å². The van der Waals surface area contributed by atoms with E-state index >= 15 is 0 Å². The van der Waals surface area contributed by atoms with Crippen LogP contribution in [0, 0.1) is 0 Å². The number of ether oxygens (including phenoxy) is 1. The number of hydrogen-bond acceptors (Lipinski definition) is 4. The van der Waals surface area contributed by atoms with Gasteiger partial charge < -0.3 is 4.74 Å². The summed E-state index contributed by atoms with van der Waals surface area (Å²) in [5, 5.41) is 1.72. The Kier molecular flexibility index (Phi) is 4.52. The molecule has 0 saturated carbocycles. The molecule has 0 spiro atoms. The molecule has 0 aromatic carbocycles. The summed E-state index contributed by atoms with van der Waals surface area (Å²) in [5.74, 6) is 0. The number of thiophene rings is 1. The molecule has 1 aromatic rings. The highest BCUT2D eigenvalue weighted by Crippen LogP contribution is 2.26. The van der Waals surface area contributed by atoms with E-state index in [0.717, 1.165) is 0 Å². The number of nitrogens with one attached hydrogen (secondary N) is 1. The van der Waals surface area contributed by atoms with Gasteiger partial charge in [-0.25, -0.2) is 13.1 Å². The molecule has 0 saturated heterocycles. The van der Waals surface area contributed by atoms with E-state index in [9.17, 15) is 8.42 Å². The van der Waals surface area contributed by atoms with Gasteiger partial charge in [0.05, 0.1) is 6.61 Å². The van der Waals surface area contributed by atoms with Crippen LogP contribution < -0.4 is 4.72 Å². The summed E-state index contributed by atoms with van der Waals surface area (Å²) in [5.41, 5.74) is 0. The molecule has 1 aromatic heterocycles. The van der Waals surface area contributed by atoms with E-state index < -0.39 is 10.0 Å². The van der Waals surface area contributed by atoms with Crippen LogP contribution in [0.4, 0.5) is 0 Å². The fraction of sp³-hybridized carbons (Fsp3) is 0.429. The highest BCUT2D eigenvalue weighted by atomic mass is 79.9. The molecule has 0 aliphatic rings. The zero-order chi connectivity index (χ0) is 10.6. The van der Waals surface area contributed by atoms with Crippen LogP contribution in [-0.4, -0.2) is 28.7 Å². The van der Waals surface area contributed by atoms with Crippen molar-refractivity contribution in [2.75, 3.05) is 20.3 Å². The van der Waals surface area contributed by atoms with E-state index in [1.54, 1.807) is 11.4 Å². The Balaban J connectivity index is 2.72. The predicted octanol–water partition coefficient (Wildman–Crippen LogP) is 1.44. The average Bonchev–Trinajstić information content (AvgIpc) is 2.52. The Morgan fingerprint density at radius 1 is 1.64 bits per heavy atom. The summed E-state index contributed by atoms with van der Waals surface area (Å²) in [6, 6.07) is 1.70. The maximum atomic E-state index is 11.6. The molecule has 0 radical (unpaired) electrons. The van der Waals surface area contributed by atoms with Gasteiger partial charge in [0.15, 0.2) is 0 Å². The number of methoxy groups -OCH3 is 1. The monoisotopic (exact) mass is 299 g/mol. The van der Waals surface area contributed by atoms with E-state index in [4.69, 9.17) is 4.74 Å². The molecule has 0 aliphatic heterocycles. The number of rotatable bonds is 5. The minimum Gasteiger partial charge on any atom is -0.383 e. The van der Waals surface area contributed by atoms with Crippen LogP contribution in [-0.2, 0) is 14.8 Å². The molecule has 0 atom stereocenters. The van der Waals surface area contributed by atoms with Crippen molar-refractivity contribution < 1.29 is 13.2 Å². The molecule has 1 heterocycles. The molecule has 0 fully saturated rings. The molecule has 14 heavy (non-hydrogen) atoms. The Morgan fingerprint density at radius 2 is 2.36 bits per heavy atom. The van der Waals surface area contributed by atoms with Gasteiger partial charge in [0, 0.05) is 18.1 Å². The zero-order valence-electron chi connectivity index (χ0n) is 7.49. The molecule has 80 valence electrons. The Labute approximate surface area is 95.5 Å². The third-order valence-electron chi connectivity index (χ3n) is 1.43. The maximum Gasteiger partial charge on any atom is 0.251 e. The van der Waals surface area contributed by atoms with Gasteiger partial charge in [-0.05, 0) is 27.4 Å². The first-order valence-electron chi connectivity index (χ1n) is 3.79. The summed E-state index contributed by atoms with van der Waals surface area (Å²) in [4.78, 5) is 0. The van der Waals surface area contributed by atoms with E-state index in [1.165, 1.54) is 18.4 Å². The summed E-state index contributed by atoms with van der Waals surface area (Å²) >= 11 is 4.35. The fourth-order valence-electron chi connectivity index (χ4n) is 0.815. The average molecular weight is 300 g/mol. The topological polar surface area (TPSA) is 55.4 Å². The van der Waals surface area contributed by atoms with Gasteiger partial charge >= 0.3 is 0 Å². The second-order valence-corrected chi connectivity index (χ2v) is 6.18. The quantitative estimate of drug-likeness (QED) is 0.837. The van der Waals surface area contributed by atoms with E-state index in [1.807, 2.05) is 0 Å². The maximum absolute atomic E-state index is 11.6. The van der Waals surface area contributed by atoms with E-state index in [0.29, 0.717) is 15.3 Å². The molecule has 4 nitrogen and oxygen atoms in total. The van der Waals surface area contributed by atoms with Crippen LogP contribution in [0.15, 0.2) is 20.1 Å². The van der Waals surface area contributed by atoms with Crippen molar-refractivity contribution >= 4 is 37.3 Å². The fourth-order valence-corrected chi connectivity index (χ4v) is 4.21. The summed E-state index contributed by atoms with van der Waals surface area (Å²) in [6.45, 7) is 0.644. The van der Waals surface area contributed by atoms with Crippen LogP contribution >= 0.6 is 27.3 Å². The Bertz CT molecular complexity index is 387. The number of hydrogen-bond donors (Lipinski definition) is 1. The smallest absolute Gasteiger partial charge is 0.251 e. The minimum absolute atomic E-state index is 0.281. The molecule has 0 bridgehead atoms. The number of halogens is 1. The van der Waals surface area contributed by atoms with Crippen LogP contribution in [0.25, 0.3) is 0 Å². The van der Waals surface area contributed by atoms with Gasteiger partial charge in [0.2, 0.25) is 0 Å². The third kappa shape index (κ3) is 3.03. The first-order chi connectivity index (χ1) is 6.58. The predicted molar refractivity (Wildman–Crippen MR) is 59.1 cm³/mol. The van der Waals surface area contributed by atoms with Crippen molar-refractivity contribution in [3.05, 3.63) is 15.9 Å². The van der Waals surface area contributed by atoms with Gasteiger partial charge in [-0.2, -0.15) is 0 Å². The molecule has 0 aliphatic carbocycles. The van der Waals surface area contributed by atoms with Crippen molar-refractivity contribution in [2.45, 2.75) is 4.21 Å². The van der Waals surface area contributed by atoms with Crippen molar-refractivity contribution in [3.63, 3.8) is 0 Å². The first-order valence-corrected chi connectivity index (χ1v) is 6.95. The van der Waals surface area contributed by atoms with E-state index in [2.05, 4.69) is 20.7 Å². The minimum atomic E-state index is -3.38. The highest BCUT2D eigenvalue weighted by Gasteiger charge is 2.17. The second-order valence-electron chi connectivity index (χ2n) is 2.45. The lowest BCUT2D eigenvalue weighted by Crippen LogP contribution is -2.26. The lowest BCUT2D eigenvalue weighted by molar-refractivity contribution is 0.204. The van der Waals surface area contributed by atoms with E-state index in [-0.39, 0.29) is 6.54 Å². The van der Waals surface area contributed by atoms with Crippen molar-refractivity contribution in [3.8, 4) is 0 Å². The van der Waals surface area contributed by atoms with Gasteiger partial charge in [0.1, 0.15) is 4.21 Å². The third-order valence-corrected chi connectivity index (χ3v) is 5.56. The first kappa shape index (κ1) is 12.1. The molecular formula is C7H10BrNO3S2. The molecule has 0 unspecified atom stereocenters. The molecular weight excluding hydrogens is 290 g/mol. The molecule has 7 heteroatoms. The van der Waals surface area contributed by atoms with Crippen LogP contribution in [0.1, 0.15) is 0 Å². The standard InChI is InChI=1S/C7H10BrNO3S2/c1-12-4-3-9-14(10,11)7-6(8)2-5-13-7/h2,5,9H,3-4H2,1H3. The zero-order valence-corrected chi connectivity index (χ0v) is 10.7. The lowest BCUT2D eigenvalue weighted by atomic mass is 10.7. The van der Waals surface area contributed by atoms with Crippen molar-refractivity contribution in [1.82, 2.24) is 4.72 Å². The summed E-state index contributed by atoms with van der Waals surface area (Å²) < 4.78 is 31.3.